The van der Waals surface area contributed by atoms with Gasteiger partial charge in [-0.2, -0.15) is 0 Å². The smallest absolute Gasteiger partial charge is 0.224 e. The minimum absolute atomic E-state index is 0.0826. The molecule has 1 aromatic carbocycles. The van der Waals surface area contributed by atoms with Crippen LogP contribution in [-0.4, -0.2) is 12.5 Å². The molecular weight excluding hydrogens is 236 g/mol. The standard InChI is InChI=1S/C16H26N2O/c1-2-3-4-5-6-7-11-18-16(19)13-14-9-8-10-15(17)12-14/h8-10,12H,2-7,11,13,17H2,1H3,(H,18,19). The Kier molecular flexibility index (Phi) is 7.71. The van der Waals surface area contributed by atoms with Gasteiger partial charge in [0.05, 0.1) is 6.42 Å². The van der Waals surface area contributed by atoms with Gasteiger partial charge in [-0.1, -0.05) is 51.2 Å². The molecular formula is C16H26N2O. The van der Waals surface area contributed by atoms with Gasteiger partial charge in [0, 0.05) is 12.2 Å². The van der Waals surface area contributed by atoms with Crippen molar-refractivity contribution in [3.63, 3.8) is 0 Å². The zero-order valence-corrected chi connectivity index (χ0v) is 12.0. The van der Waals surface area contributed by atoms with E-state index in [9.17, 15) is 4.79 Å². The largest absolute Gasteiger partial charge is 0.399 e. The summed E-state index contributed by atoms with van der Waals surface area (Å²) in [6.07, 6.45) is 7.89. The number of carbonyl (C=O) groups is 1. The zero-order chi connectivity index (χ0) is 13.9. The second-order valence-electron chi connectivity index (χ2n) is 5.04. The Hall–Kier alpha value is -1.51. The molecule has 0 spiro atoms. The number of anilines is 1. The van der Waals surface area contributed by atoms with Crippen LogP contribution in [0.3, 0.4) is 0 Å². The fraction of sp³-hybridized carbons (Fsp3) is 0.562. The van der Waals surface area contributed by atoms with Crippen molar-refractivity contribution in [1.29, 1.82) is 0 Å². The molecule has 0 saturated heterocycles. The average Bonchev–Trinajstić information content (AvgIpc) is 2.37. The topological polar surface area (TPSA) is 55.1 Å². The van der Waals surface area contributed by atoms with Crippen LogP contribution in [0.25, 0.3) is 0 Å². The molecule has 106 valence electrons. The van der Waals surface area contributed by atoms with Gasteiger partial charge in [-0.05, 0) is 24.1 Å². The van der Waals surface area contributed by atoms with Crippen LogP contribution in [0.15, 0.2) is 24.3 Å². The van der Waals surface area contributed by atoms with Crippen LogP contribution in [0, 0.1) is 0 Å². The highest BCUT2D eigenvalue weighted by Crippen LogP contribution is 2.07. The Morgan fingerprint density at radius 2 is 1.89 bits per heavy atom. The van der Waals surface area contributed by atoms with Crippen LogP contribution in [0.5, 0.6) is 0 Å². The van der Waals surface area contributed by atoms with Gasteiger partial charge in [0.15, 0.2) is 0 Å². The quantitative estimate of drug-likeness (QED) is 0.530. The summed E-state index contributed by atoms with van der Waals surface area (Å²) in [4.78, 5) is 11.7. The summed E-state index contributed by atoms with van der Waals surface area (Å²) in [6, 6.07) is 7.49. The van der Waals surface area contributed by atoms with Crippen molar-refractivity contribution in [2.45, 2.75) is 51.9 Å². The minimum atomic E-state index is 0.0826. The Morgan fingerprint density at radius 1 is 1.16 bits per heavy atom. The van der Waals surface area contributed by atoms with Crippen LogP contribution < -0.4 is 11.1 Å². The maximum Gasteiger partial charge on any atom is 0.224 e. The highest BCUT2D eigenvalue weighted by molar-refractivity contribution is 5.78. The number of unbranched alkanes of at least 4 members (excludes halogenated alkanes) is 5. The predicted octanol–water partition coefficient (Wildman–Crippen LogP) is 3.29. The van der Waals surface area contributed by atoms with Gasteiger partial charge in [-0.3, -0.25) is 4.79 Å². The molecule has 19 heavy (non-hydrogen) atoms. The summed E-state index contributed by atoms with van der Waals surface area (Å²) in [6.45, 7) is 3.00. The molecule has 0 aliphatic carbocycles. The first-order valence-electron chi connectivity index (χ1n) is 7.33. The van der Waals surface area contributed by atoms with E-state index >= 15 is 0 Å². The molecule has 0 unspecified atom stereocenters. The third kappa shape index (κ3) is 7.50. The number of amides is 1. The number of carbonyl (C=O) groups excluding carboxylic acids is 1. The summed E-state index contributed by atoms with van der Waals surface area (Å²) >= 11 is 0. The Morgan fingerprint density at radius 3 is 2.63 bits per heavy atom. The fourth-order valence-corrected chi connectivity index (χ4v) is 2.08. The summed E-state index contributed by atoms with van der Waals surface area (Å²) in [5.41, 5.74) is 7.36. The van der Waals surface area contributed by atoms with Crippen molar-refractivity contribution >= 4 is 11.6 Å². The molecule has 0 heterocycles. The number of benzene rings is 1. The lowest BCUT2D eigenvalue weighted by molar-refractivity contribution is -0.120. The molecule has 3 nitrogen and oxygen atoms in total. The number of hydrogen-bond donors (Lipinski definition) is 2. The maximum absolute atomic E-state index is 11.7. The van der Waals surface area contributed by atoms with E-state index in [4.69, 9.17) is 5.73 Å². The molecule has 0 saturated carbocycles. The summed E-state index contributed by atoms with van der Waals surface area (Å²) < 4.78 is 0. The second-order valence-corrected chi connectivity index (χ2v) is 5.04. The zero-order valence-electron chi connectivity index (χ0n) is 12.0. The van der Waals surface area contributed by atoms with Crippen LogP contribution in [-0.2, 0) is 11.2 Å². The highest BCUT2D eigenvalue weighted by Gasteiger charge is 2.02. The highest BCUT2D eigenvalue weighted by atomic mass is 16.1. The molecule has 0 radical (unpaired) electrons. The van der Waals surface area contributed by atoms with E-state index in [0.29, 0.717) is 12.1 Å². The normalized spacial score (nSPS) is 10.4. The summed E-state index contributed by atoms with van der Waals surface area (Å²) in [5.74, 6) is 0.0826. The number of rotatable bonds is 9. The van der Waals surface area contributed by atoms with Gasteiger partial charge in [-0.15, -0.1) is 0 Å². The lowest BCUT2D eigenvalue weighted by Gasteiger charge is -2.06. The Bertz CT molecular complexity index is 377. The van der Waals surface area contributed by atoms with Crippen molar-refractivity contribution in [3.8, 4) is 0 Å². The lowest BCUT2D eigenvalue weighted by atomic mass is 10.1. The molecule has 3 heteroatoms. The van der Waals surface area contributed by atoms with Crippen molar-refractivity contribution in [3.05, 3.63) is 29.8 Å². The van der Waals surface area contributed by atoms with E-state index in [0.717, 1.165) is 18.5 Å². The van der Waals surface area contributed by atoms with E-state index in [1.54, 1.807) is 0 Å². The first-order valence-corrected chi connectivity index (χ1v) is 7.33. The van der Waals surface area contributed by atoms with Crippen molar-refractivity contribution in [2.75, 3.05) is 12.3 Å². The molecule has 3 N–H and O–H groups in total. The Balaban J connectivity index is 2.08. The first-order chi connectivity index (χ1) is 9.22. The molecule has 0 aromatic heterocycles. The van der Waals surface area contributed by atoms with Gasteiger partial charge in [0.2, 0.25) is 5.91 Å². The lowest BCUT2D eigenvalue weighted by Crippen LogP contribution is -2.26. The van der Waals surface area contributed by atoms with Crippen molar-refractivity contribution in [2.24, 2.45) is 0 Å². The van der Waals surface area contributed by atoms with E-state index in [-0.39, 0.29) is 5.91 Å². The molecule has 0 bridgehead atoms. The SMILES string of the molecule is CCCCCCCCNC(=O)Cc1cccc(N)c1. The Labute approximate surface area is 116 Å². The first kappa shape index (κ1) is 15.5. The molecule has 1 amide bonds. The third-order valence-electron chi connectivity index (χ3n) is 3.17. The van der Waals surface area contributed by atoms with Crippen LogP contribution in [0.1, 0.15) is 51.0 Å². The third-order valence-corrected chi connectivity index (χ3v) is 3.17. The maximum atomic E-state index is 11.7. The second kappa shape index (κ2) is 9.42. The fourth-order valence-electron chi connectivity index (χ4n) is 2.08. The molecule has 0 aliphatic heterocycles. The predicted molar refractivity (Wildman–Crippen MR) is 80.9 cm³/mol. The summed E-state index contributed by atoms with van der Waals surface area (Å²) in [5, 5.41) is 2.96. The molecule has 1 rings (SSSR count). The van der Waals surface area contributed by atoms with E-state index in [1.807, 2.05) is 24.3 Å². The minimum Gasteiger partial charge on any atom is -0.399 e. The van der Waals surface area contributed by atoms with Crippen molar-refractivity contribution in [1.82, 2.24) is 5.32 Å². The van der Waals surface area contributed by atoms with E-state index in [2.05, 4.69) is 12.2 Å². The number of nitrogens with one attached hydrogen (secondary N) is 1. The van der Waals surface area contributed by atoms with Crippen LogP contribution >= 0.6 is 0 Å². The van der Waals surface area contributed by atoms with E-state index < -0.39 is 0 Å². The number of nitrogens with two attached hydrogens (primary N) is 1. The van der Waals surface area contributed by atoms with Gasteiger partial charge in [0.1, 0.15) is 0 Å². The number of hydrogen-bond acceptors (Lipinski definition) is 2. The van der Waals surface area contributed by atoms with Gasteiger partial charge in [-0.25, -0.2) is 0 Å². The van der Waals surface area contributed by atoms with Crippen molar-refractivity contribution < 1.29 is 4.79 Å². The average molecular weight is 262 g/mol. The summed E-state index contributed by atoms with van der Waals surface area (Å²) in [7, 11) is 0. The van der Waals surface area contributed by atoms with Crippen LogP contribution in [0.2, 0.25) is 0 Å². The molecule has 0 atom stereocenters. The van der Waals surface area contributed by atoms with Crippen LogP contribution in [0.4, 0.5) is 5.69 Å². The monoisotopic (exact) mass is 262 g/mol. The molecule has 0 fully saturated rings. The van der Waals surface area contributed by atoms with E-state index in [1.165, 1.54) is 32.1 Å². The van der Waals surface area contributed by atoms with Gasteiger partial charge >= 0.3 is 0 Å². The molecule has 1 aromatic rings. The number of nitrogen functional groups attached to an aromatic ring is 1. The molecule has 0 aliphatic rings. The van der Waals surface area contributed by atoms with Gasteiger partial charge < -0.3 is 11.1 Å². The van der Waals surface area contributed by atoms with Gasteiger partial charge in [0.25, 0.3) is 0 Å².